The lowest BCUT2D eigenvalue weighted by molar-refractivity contribution is -0.137. The molecule has 1 aliphatic heterocycles. The monoisotopic (exact) mass is 335 g/mol. The molecule has 0 aliphatic carbocycles. The molecule has 0 bridgehead atoms. The summed E-state index contributed by atoms with van der Waals surface area (Å²) in [5.41, 5.74) is -0.218. The first-order chi connectivity index (χ1) is 10.3. The van der Waals surface area contributed by atoms with Crippen molar-refractivity contribution in [3.05, 3.63) is 34.3 Å². The van der Waals surface area contributed by atoms with E-state index >= 15 is 0 Å². The molecule has 0 radical (unpaired) electrons. The zero-order valence-corrected chi connectivity index (χ0v) is 13.8. The first kappa shape index (κ1) is 18.8. The number of carbonyl (C=O) groups is 1. The third-order valence-corrected chi connectivity index (χ3v) is 3.96. The lowest BCUT2D eigenvalue weighted by Gasteiger charge is -2.32. The van der Waals surface area contributed by atoms with Crippen molar-refractivity contribution in [1.29, 1.82) is 0 Å². The second-order valence-corrected chi connectivity index (χ2v) is 5.45. The van der Waals surface area contributed by atoms with Gasteiger partial charge in [-0.1, -0.05) is 31.5 Å². The third-order valence-electron chi connectivity index (χ3n) is 3.63. The number of rotatable bonds is 1. The molecule has 0 saturated carbocycles. The zero-order chi connectivity index (χ0) is 16.9. The number of amides is 1. The number of hydrogen-bond donors (Lipinski definition) is 0. The summed E-state index contributed by atoms with van der Waals surface area (Å²) >= 11 is 5.61. The highest BCUT2D eigenvalue weighted by Crippen LogP contribution is 2.37. The van der Waals surface area contributed by atoms with Crippen LogP contribution in [0.4, 0.5) is 13.2 Å². The number of alkyl halides is 3. The van der Waals surface area contributed by atoms with E-state index < -0.39 is 11.7 Å². The maximum atomic E-state index is 12.9. The van der Waals surface area contributed by atoms with Gasteiger partial charge in [0.05, 0.1) is 10.6 Å². The first-order valence-electron chi connectivity index (χ1n) is 7.41. The van der Waals surface area contributed by atoms with E-state index in [9.17, 15) is 18.0 Å². The van der Waals surface area contributed by atoms with Crippen LogP contribution in [0, 0.1) is 0 Å². The maximum Gasteiger partial charge on any atom is 0.417 e. The van der Waals surface area contributed by atoms with Gasteiger partial charge in [0.2, 0.25) is 5.91 Å². The van der Waals surface area contributed by atoms with E-state index in [0.717, 1.165) is 18.9 Å². The minimum Gasteiger partial charge on any atom is -0.342 e. The van der Waals surface area contributed by atoms with Crippen molar-refractivity contribution in [3.63, 3.8) is 0 Å². The molecule has 2 rings (SSSR count). The van der Waals surface area contributed by atoms with Crippen LogP contribution >= 0.6 is 11.6 Å². The molecule has 1 fully saturated rings. The molecule has 1 aromatic rings. The normalized spacial score (nSPS) is 18.5. The summed E-state index contributed by atoms with van der Waals surface area (Å²) in [7, 11) is 0. The number of nitrogens with zero attached hydrogens (tertiary/aromatic N) is 1. The van der Waals surface area contributed by atoms with E-state index in [2.05, 4.69) is 0 Å². The molecular weight excluding hydrogens is 315 g/mol. The van der Waals surface area contributed by atoms with E-state index in [0.29, 0.717) is 18.7 Å². The Kier molecular flexibility index (Phi) is 6.72. The van der Waals surface area contributed by atoms with E-state index in [1.807, 2.05) is 13.8 Å². The summed E-state index contributed by atoms with van der Waals surface area (Å²) in [6.45, 7) is 6.62. The number of carbonyl (C=O) groups excluding carboxylic acids is 1. The quantitative estimate of drug-likeness (QED) is 0.698. The summed E-state index contributed by atoms with van der Waals surface area (Å²) in [6.07, 6.45) is -2.88. The second-order valence-electron chi connectivity index (χ2n) is 5.04. The Morgan fingerprint density at radius 1 is 1.32 bits per heavy atom. The molecule has 1 saturated heterocycles. The third kappa shape index (κ3) is 4.63. The highest BCUT2D eigenvalue weighted by molar-refractivity contribution is 6.31. The Morgan fingerprint density at radius 3 is 2.50 bits per heavy atom. The summed E-state index contributed by atoms with van der Waals surface area (Å²) in [4.78, 5) is 13.1. The molecule has 2 nitrogen and oxygen atoms in total. The Bertz CT molecular complexity index is 517. The van der Waals surface area contributed by atoms with E-state index in [-0.39, 0.29) is 16.8 Å². The van der Waals surface area contributed by atoms with Gasteiger partial charge in [-0.05, 0) is 30.5 Å². The van der Waals surface area contributed by atoms with Gasteiger partial charge in [-0.25, -0.2) is 0 Å². The van der Waals surface area contributed by atoms with E-state index in [4.69, 9.17) is 11.6 Å². The first-order valence-corrected chi connectivity index (χ1v) is 7.79. The summed E-state index contributed by atoms with van der Waals surface area (Å²) < 4.78 is 38.6. The van der Waals surface area contributed by atoms with Gasteiger partial charge in [-0.2, -0.15) is 13.2 Å². The van der Waals surface area contributed by atoms with Crippen molar-refractivity contribution in [2.75, 3.05) is 13.1 Å². The highest BCUT2D eigenvalue weighted by Gasteiger charge is 2.34. The predicted octanol–water partition coefficient (Wildman–Crippen LogP) is 5.11. The molecule has 6 heteroatoms. The van der Waals surface area contributed by atoms with Crippen LogP contribution in [0.15, 0.2) is 18.2 Å². The fraction of sp³-hybridized carbons (Fsp3) is 0.562. The van der Waals surface area contributed by atoms with Crippen LogP contribution in [-0.2, 0) is 11.0 Å². The molecule has 22 heavy (non-hydrogen) atoms. The number of hydrogen-bond acceptors (Lipinski definition) is 1. The van der Waals surface area contributed by atoms with Gasteiger partial charge in [0.25, 0.3) is 0 Å². The average Bonchev–Trinajstić information content (AvgIpc) is 2.48. The zero-order valence-electron chi connectivity index (χ0n) is 13.0. The van der Waals surface area contributed by atoms with Gasteiger partial charge in [-0.15, -0.1) is 0 Å². The van der Waals surface area contributed by atoms with Gasteiger partial charge in [-0.3, -0.25) is 4.79 Å². The maximum absolute atomic E-state index is 12.9. The summed E-state index contributed by atoms with van der Waals surface area (Å²) in [5, 5.41) is -0.291. The van der Waals surface area contributed by atoms with Crippen LogP contribution in [0.2, 0.25) is 5.02 Å². The van der Waals surface area contributed by atoms with Crippen LogP contribution in [0.3, 0.4) is 0 Å². The molecule has 1 aromatic carbocycles. The van der Waals surface area contributed by atoms with Crippen LogP contribution < -0.4 is 0 Å². The number of benzene rings is 1. The van der Waals surface area contributed by atoms with Gasteiger partial charge >= 0.3 is 6.18 Å². The Morgan fingerprint density at radius 2 is 1.95 bits per heavy atom. The standard InChI is InChI=1S/C14H15ClF3NO.C2H6/c1-9(20)19-6-2-3-11(8-19)10-4-5-13(15)12(7-10)14(16,17)18;1-2/h4-5,7,11H,2-3,6,8H2,1H3;1-2H3. The van der Waals surface area contributed by atoms with Crippen LogP contribution in [0.1, 0.15) is 50.7 Å². The lowest BCUT2D eigenvalue weighted by Crippen LogP contribution is -2.37. The van der Waals surface area contributed by atoms with Crippen LogP contribution in [0.5, 0.6) is 0 Å². The molecule has 0 N–H and O–H groups in total. The van der Waals surface area contributed by atoms with Crippen molar-refractivity contribution >= 4 is 17.5 Å². The molecule has 1 amide bonds. The smallest absolute Gasteiger partial charge is 0.342 e. The SMILES string of the molecule is CC.CC(=O)N1CCCC(c2ccc(Cl)c(C(F)(F)F)c2)C1. The van der Waals surface area contributed by atoms with Gasteiger partial charge < -0.3 is 4.90 Å². The summed E-state index contributed by atoms with van der Waals surface area (Å²) in [6, 6.07) is 4.01. The van der Waals surface area contributed by atoms with Crippen molar-refractivity contribution < 1.29 is 18.0 Å². The summed E-state index contributed by atoms with van der Waals surface area (Å²) in [5.74, 6) is -0.106. The average molecular weight is 336 g/mol. The van der Waals surface area contributed by atoms with Gasteiger partial charge in [0, 0.05) is 25.9 Å². The molecular formula is C16H21ClF3NO. The molecule has 0 spiro atoms. The predicted molar refractivity (Wildman–Crippen MR) is 82.0 cm³/mol. The Labute approximate surface area is 134 Å². The Balaban J connectivity index is 0.00000116. The highest BCUT2D eigenvalue weighted by atomic mass is 35.5. The van der Waals surface area contributed by atoms with Gasteiger partial charge in [0.1, 0.15) is 0 Å². The molecule has 0 aromatic heterocycles. The topological polar surface area (TPSA) is 20.3 Å². The van der Waals surface area contributed by atoms with Crippen molar-refractivity contribution in [3.8, 4) is 0 Å². The van der Waals surface area contributed by atoms with E-state index in [1.54, 1.807) is 11.0 Å². The van der Waals surface area contributed by atoms with E-state index in [1.165, 1.54) is 13.0 Å². The molecule has 1 unspecified atom stereocenters. The van der Waals surface area contributed by atoms with Crippen molar-refractivity contribution in [1.82, 2.24) is 4.90 Å². The number of piperidine rings is 1. The van der Waals surface area contributed by atoms with Crippen molar-refractivity contribution in [2.24, 2.45) is 0 Å². The van der Waals surface area contributed by atoms with Crippen LogP contribution in [0.25, 0.3) is 0 Å². The minimum atomic E-state index is -4.46. The molecule has 1 heterocycles. The number of halogens is 4. The van der Waals surface area contributed by atoms with Crippen LogP contribution in [-0.4, -0.2) is 23.9 Å². The fourth-order valence-electron chi connectivity index (χ4n) is 2.55. The second kappa shape index (κ2) is 7.86. The number of likely N-dealkylation sites (tertiary alicyclic amines) is 1. The molecule has 1 atom stereocenters. The van der Waals surface area contributed by atoms with Crippen molar-refractivity contribution in [2.45, 2.75) is 45.7 Å². The molecule has 124 valence electrons. The largest absolute Gasteiger partial charge is 0.417 e. The minimum absolute atomic E-state index is 0.0419. The lowest BCUT2D eigenvalue weighted by atomic mass is 9.89. The Hall–Kier alpha value is -1.23. The van der Waals surface area contributed by atoms with Gasteiger partial charge in [0.15, 0.2) is 0 Å². The molecule has 1 aliphatic rings. The fourth-order valence-corrected chi connectivity index (χ4v) is 2.77.